The number of esters is 2. The molecule has 0 saturated heterocycles. The number of aliphatic hydroxyl groups is 1. The SMILES string of the molecule is CCCCCCC.CCCCCCCC.CCCCCCCC(=O)OCC(COC=O)OC(=O)CCCN(CCCC=O)C(=O)SCCCN(C)C.COC(CO)COC=O. The summed E-state index contributed by atoms with van der Waals surface area (Å²) in [5, 5.41) is 8.36. The average Bonchev–Trinajstić information content (AvgIpc) is 3.25. The molecule has 1 amide bonds. The van der Waals surface area contributed by atoms with Crippen molar-refractivity contribution in [3.05, 3.63) is 0 Å². The molecule has 0 bridgehead atoms. The molecule has 61 heavy (non-hydrogen) atoms. The van der Waals surface area contributed by atoms with E-state index in [0.717, 1.165) is 51.4 Å². The van der Waals surface area contributed by atoms with Crippen LogP contribution in [0.2, 0.25) is 0 Å². The van der Waals surface area contributed by atoms with Gasteiger partial charge in [0.05, 0.1) is 6.61 Å². The summed E-state index contributed by atoms with van der Waals surface area (Å²) in [6.45, 7) is 13.0. The van der Waals surface area contributed by atoms with Crippen LogP contribution >= 0.6 is 11.8 Å². The predicted molar refractivity (Wildman–Crippen MR) is 247 cm³/mol. The number of methoxy groups -OCH3 is 1. The Labute approximate surface area is 375 Å². The number of carbonyl (C=O) groups excluding carboxylic acids is 6. The third kappa shape index (κ3) is 55.2. The van der Waals surface area contributed by atoms with Gasteiger partial charge in [-0.3, -0.25) is 24.0 Å². The van der Waals surface area contributed by atoms with Crippen LogP contribution in [0.15, 0.2) is 0 Å². The number of hydrogen-bond acceptors (Lipinski definition) is 14. The van der Waals surface area contributed by atoms with E-state index in [-0.39, 0.29) is 50.5 Å². The summed E-state index contributed by atoms with van der Waals surface area (Å²) in [6, 6.07) is 0. The van der Waals surface area contributed by atoms with Crippen LogP contribution in [0, 0.1) is 0 Å². The van der Waals surface area contributed by atoms with Gasteiger partial charge >= 0.3 is 11.9 Å². The number of unbranched alkanes of at least 4 members (excludes halogenated alkanes) is 14. The van der Waals surface area contributed by atoms with Crippen molar-refractivity contribution in [1.82, 2.24) is 9.80 Å². The van der Waals surface area contributed by atoms with Gasteiger partial charge in [-0.05, 0) is 46.3 Å². The van der Waals surface area contributed by atoms with Crippen molar-refractivity contribution >= 4 is 48.2 Å². The van der Waals surface area contributed by atoms with Gasteiger partial charge in [0.25, 0.3) is 18.2 Å². The van der Waals surface area contributed by atoms with Crippen molar-refractivity contribution in [2.45, 2.75) is 188 Å². The lowest BCUT2D eigenvalue weighted by Crippen LogP contribution is -2.32. The summed E-state index contributed by atoms with van der Waals surface area (Å²) in [5.41, 5.74) is 0. The van der Waals surface area contributed by atoms with E-state index >= 15 is 0 Å². The van der Waals surface area contributed by atoms with E-state index < -0.39 is 18.2 Å². The van der Waals surface area contributed by atoms with E-state index in [1.807, 2.05) is 14.1 Å². The van der Waals surface area contributed by atoms with E-state index in [2.05, 4.69) is 49.0 Å². The summed E-state index contributed by atoms with van der Waals surface area (Å²) in [5.74, 6) is -0.218. The number of rotatable bonds is 38. The maximum atomic E-state index is 12.6. The van der Waals surface area contributed by atoms with E-state index in [0.29, 0.717) is 51.0 Å². The Morgan fingerprint density at radius 2 is 1.07 bits per heavy atom. The lowest BCUT2D eigenvalue weighted by Gasteiger charge is -2.22. The van der Waals surface area contributed by atoms with Crippen molar-refractivity contribution in [3.63, 3.8) is 0 Å². The first-order valence-electron chi connectivity index (χ1n) is 23.1. The Morgan fingerprint density at radius 1 is 0.590 bits per heavy atom. The zero-order chi connectivity index (χ0) is 46.6. The quantitative estimate of drug-likeness (QED) is 0.0269. The third-order valence-corrected chi connectivity index (χ3v) is 9.90. The highest BCUT2D eigenvalue weighted by atomic mass is 32.2. The highest BCUT2D eigenvalue weighted by molar-refractivity contribution is 8.13. The maximum Gasteiger partial charge on any atom is 0.306 e. The van der Waals surface area contributed by atoms with Gasteiger partial charge in [0.15, 0.2) is 6.10 Å². The molecule has 2 unspecified atom stereocenters. The third-order valence-electron chi connectivity index (χ3n) is 8.91. The Balaban J connectivity index is -0.000000541. The number of hydrogen-bond donors (Lipinski definition) is 1. The molecular formula is C46H90N2O12S. The fraction of sp³-hybridized carbons (Fsp3) is 0.870. The van der Waals surface area contributed by atoms with Crippen LogP contribution in [0.3, 0.4) is 0 Å². The van der Waals surface area contributed by atoms with Crippen LogP contribution in [-0.4, -0.2) is 137 Å². The second-order valence-corrected chi connectivity index (χ2v) is 16.1. The van der Waals surface area contributed by atoms with Crippen molar-refractivity contribution in [2.24, 2.45) is 0 Å². The molecule has 0 aliphatic carbocycles. The van der Waals surface area contributed by atoms with Crippen LogP contribution in [0.25, 0.3) is 0 Å². The molecule has 0 fully saturated rings. The highest BCUT2D eigenvalue weighted by Gasteiger charge is 2.19. The van der Waals surface area contributed by atoms with Gasteiger partial charge in [-0.15, -0.1) is 0 Å². The van der Waals surface area contributed by atoms with E-state index in [1.165, 1.54) is 89.5 Å². The molecule has 1 N–H and O–H groups in total. The first kappa shape index (κ1) is 64.9. The number of amides is 1. The molecule has 2 atom stereocenters. The summed E-state index contributed by atoms with van der Waals surface area (Å²) in [6.07, 6.45) is 22.6. The monoisotopic (exact) mass is 895 g/mol. The number of nitrogens with zero attached hydrogens (tertiary/aromatic N) is 2. The van der Waals surface area contributed by atoms with E-state index in [4.69, 9.17) is 19.3 Å². The second-order valence-electron chi connectivity index (χ2n) is 15.0. The van der Waals surface area contributed by atoms with Gasteiger partial charge in [-0.1, -0.05) is 143 Å². The van der Waals surface area contributed by atoms with Gasteiger partial charge in [-0.25, -0.2) is 0 Å². The largest absolute Gasteiger partial charge is 0.465 e. The molecule has 0 aromatic heterocycles. The van der Waals surface area contributed by atoms with Crippen molar-refractivity contribution in [1.29, 1.82) is 0 Å². The number of aliphatic hydroxyl groups excluding tert-OH is 1. The van der Waals surface area contributed by atoms with Gasteiger partial charge in [0.1, 0.15) is 32.2 Å². The van der Waals surface area contributed by atoms with Gasteiger partial charge in [0, 0.05) is 45.2 Å². The van der Waals surface area contributed by atoms with Crippen molar-refractivity contribution < 1.29 is 57.6 Å². The average molecular weight is 895 g/mol. The normalized spacial score (nSPS) is 11.2. The van der Waals surface area contributed by atoms with Crippen molar-refractivity contribution in [3.8, 4) is 0 Å². The topological polar surface area (TPSA) is 175 Å². The Hall–Kier alpha value is -2.75. The zero-order valence-electron chi connectivity index (χ0n) is 39.8. The number of thioether (sulfide) groups is 1. The molecule has 0 aliphatic rings. The minimum atomic E-state index is -0.890. The Morgan fingerprint density at radius 3 is 1.52 bits per heavy atom. The second kappa shape index (κ2) is 55.3. The number of ether oxygens (including phenoxy) is 5. The van der Waals surface area contributed by atoms with Gasteiger partial charge in [-0.2, -0.15) is 0 Å². The maximum absolute atomic E-state index is 12.6. The number of carbonyl (C=O) groups is 6. The zero-order valence-corrected chi connectivity index (χ0v) is 40.7. The van der Waals surface area contributed by atoms with Crippen LogP contribution in [-0.2, 0) is 47.7 Å². The highest BCUT2D eigenvalue weighted by Crippen LogP contribution is 2.14. The van der Waals surface area contributed by atoms with Crippen LogP contribution < -0.4 is 0 Å². The first-order chi connectivity index (χ1) is 29.5. The summed E-state index contributed by atoms with van der Waals surface area (Å²) in [7, 11) is 5.40. The fourth-order valence-corrected chi connectivity index (χ4v) is 6.03. The lowest BCUT2D eigenvalue weighted by atomic mass is 10.1. The molecule has 0 radical (unpaired) electrons. The number of aldehydes is 1. The minimum absolute atomic E-state index is 0.0473. The molecule has 0 heterocycles. The molecule has 0 aromatic carbocycles. The van der Waals surface area contributed by atoms with Crippen LogP contribution in [0.5, 0.6) is 0 Å². The minimum Gasteiger partial charge on any atom is -0.465 e. The molecule has 0 aromatic rings. The molecule has 362 valence electrons. The molecule has 0 saturated carbocycles. The fourth-order valence-electron chi connectivity index (χ4n) is 5.22. The first-order valence-corrected chi connectivity index (χ1v) is 24.1. The smallest absolute Gasteiger partial charge is 0.306 e. The lowest BCUT2D eigenvalue weighted by molar-refractivity contribution is -0.164. The Bertz CT molecular complexity index is 963. The van der Waals surface area contributed by atoms with E-state index in [1.54, 1.807) is 4.90 Å². The molecule has 0 rings (SSSR count). The molecule has 0 spiro atoms. The molecular weight excluding hydrogens is 805 g/mol. The molecule has 14 nitrogen and oxygen atoms in total. The summed E-state index contributed by atoms with van der Waals surface area (Å²) >= 11 is 1.24. The standard InChI is InChI=1S/C26H46N2O8S.C8H18.C7H16.C5H10O4/c1-4-5-6-7-8-13-24(31)35-21-23(20-34-22-30)36-25(32)14-11-17-28(16-9-10-18-29)26(33)37-19-12-15-27(2)3;1-3-5-7-8-6-4-2;1-3-5-7-6-4-2;1-8-5(2-6)3-9-4-7/h18,22-23H,4-17,19-21H2,1-3H3;3-8H2,1-2H3;3-7H2,1-2H3;4-6H,2-3H2,1H3. The van der Waals surface area contributed by atoms with E-state index in [9.17, 15) is 28.8 Å². The van der Waals surface area contributed by atoms with Crippen LogP contribution in [0.4, 0.5) is 4.79 Å². The van der Waals surface area contributed by atoms with Crippen LogP contribution in [0.1, 0.15) is 176 Å². The summed E-state index contributed by atoms with van der Waals surface area (Å²) < 4.78 is 24.2. The molecule has 15 heteroatoms. The van der Waals surface area contributed by atoms with Crippen molar-refractivity contribution in [2.75, 3.05) is 73.0 Å². The summed E-state index contributed by atoms with van der Waals surface area (Å²) in [4.78, 5) is 71.4. The predicted octanol–water partition coefficient (Wildman–Crippen LogP) is 9.35. The Kier molecular flexibility index (Phi) is 58.8. The molecule has 0 aliphatic heterocycles. The van der Waals surface area contributed by atoms with Gasteiger partial charge in [0.2, 0.25) is 0 Å². The van der Waals surface area contributed by atoms with Gasteiger partial charge < -0.3 is 43.4 Å².